The van der Waals surface area contributed by atoms with E-state index in [4.69, 9.17) is 5.11 Å². The van der Waals surface area contributed by atoms with Crippen molar-refractivity contribution in [1.29, 1.82) is 0 Å². The Morgan fingerprint density at radius 1 is 1.47 bits per heavy atom. The van der Waals surface area contributed by atoms with Gasteiger partial charge in [-0.05, 0) is 0 Å². The number of allylic oxidation sites excluding steroid dienone is 1. The minimum atomic E-state index is -1.38. The van der Waals surface area contributed by atoms with Crippen molar-refractivity contribution in [3.05, 3.63) is 34.8 Å². The first-order valence-corrected chi connectivity index (χ1v) is 6.11. The van der Waals surface area contributed by atoms with Crippen LogP contribution in [0.15, 0.2) is 29.3 Å². The van der Waals surface area contributed by atoms with Gasteiger partial charge in [0.2, 0.25) is 0 Å². The number of phenols is 2. The van der Waals surface area contributed by atoms with Gasteiger partial charge in [0.05, 0.1) is 0 Å². The number of phenolic OH excluding ortho intramolecular Hbond substituents is 2. The topological polar surface area (TPSA) is 57.5 Å². The van der Waals surface area contributed by atoms with Crippen molar-refractivity contribution >= 4 is 0 Å². The van der Waals surface area contributed by atoms with Gasteiger partial charge in [-0.25, -0.2) is 0 Å². The first-order chi connectivity index (χ1) is 7.00. The van der Waals surface area contributed by atoms with Crippen LogP contribution in [0.2, 0.25) is 5.36 Å². The Bertz CT molecular complexity index is 399. The molecule has 4 heteroatoms. The summed E-state index contributed by atoms with van der Waals surface area (Å²) in [6.45, 7) is 5.35. The molecule has 0 saturated carbocycles. The second-order valence-corrected chi connectivity index (χ2v) is 5.44. The summed E-state index contributed by atoms with van der Waals surface area (Å²) in [6.07, 6.45) is 0.521. The minimum absolute atomic E-state index is 0.0281. The molecule has 0 aliphatic rings. The fourth-order valence-electron chi connectivity index (χ4n) is 1.07. The molecule has 0 amide bonds. The summed E-state index contributed by atoms with van der Waals surface area (Å²) in [7, 11) is 0. The molecule has 0 fully saturated rings. The van der Waals surface area contributed by atoms with Gasteiger partial charge in [-0.2, -0.15) is 0 Å². The zero-order valence-electron chi connectivity index (χ0n) is 8.49. The van der Waals surface area contributed by atoms with Gasteiger partial charge in [0.1, 0.15) is 0 Å². The molecule has 0 bridgehead atoms. The maximum atomic E-state index is 11.4. The molecule has 0 aliphatic heterocycles. The van der Waals surface area contributed by atoms with Gasteiger partial charge in [-0.15, -0.1) is 0 Å². The van der Waals surface area contributed by atoms with E-state index in [1.165, 1.54) is 12.1 Å². The molecule has 2 N–H and O–H groups in total. The summed E-state index contributed by atoms with van der Waals surface area (Å²) >= 11 is -1.38. The zero-order valence-corrected chi connectivity index (χ0v) is 9.53. The van der Waals surface area contributed by atoms with Crippen molar-refractivity contribution in [1.82, 2.24) is 0 Å². The Morgan fingerprint density at radius 3 is 2.67 bits per heavy atom. The number of rotatable bonds is 4. The molecule has 0 spiro atoms. The summed E-state index contributed by atoms with van der Waals surface area (Å²) in [5, 5.41) is 19.0. The van der Waals surface area contributed by atoms with Crippen LogP contribution < -0.4 is 0 Å². The van der Waals surface area contributed by atoms with Gasteiger partial charge in [-0.3, -0.25) is 0 Å². The summed E-state index contributed by atoms with van der Waals surface area (Å²) in [5.41, 5.74) is 0.691. The molecule has 0 atom stereocenters. The van der Waals surface area contributed by atoms with E-state index in [0.717, 1.165) is 0 Å². The quantitative estimate of drug-likeness (QED) is 0.866. The van der Waals surface area contributed by atoms with E-state index in [1.807, 2.05) is 0 Å². The fourth-order valence-corrected chi connectivity index (χ4v) is 2.03. The van der Waals surface area contributed by atoms with Crippen LogP contribution in [0, 0.1) is 0 Å². The molecule has 0 radical (unpaired) electrons. The van der Waals surface area contributed by atoms with Gasteiger partial charge in [0.25, 0.3) is 0 Å². The first kappa shape index (κ1) is 11.9. The second kappa shape index (κ2) is 5.09. The Hall–Kier alpha value is -1.13. The third kappa shape index (κ3) is 3.49. The van der Waals surface area contributed by atoms with Crippen LogP contribution >= 0.6 is 0 Å². The van der Waals surface area contributed by atoms with Crippen molar-refractivity contribution in [3.63, 3.8) is 0 Å². The molecule has 0 unspecified atom stereocenters. The van der Waals surface area contributed by atoms with E-state index >= 15 is 0 Å². The summed E-state index contributed by atoms with van der Waals surface area (Å²) in [4.78, 5) is 0. The van der Waals surface area contributed by atoms with Crippen molar-refractivity contribution in [2.45, 2.75) is 18.7 Å². The Kier molecular flexibility index (Phi) is 4.05. The van der Waals surface area contributed by atoms with Gasteiger partial charge < -0.3 is 0 Å². The Balaban J connectivity index is 2.66. The third-order valence-electron chi connectivity index (χ3n) is 1.89. The van der Waals surface area contributed by atoms with Crippen LogP contribution in [0.25, 0.3) is 0 Å². The molecule has 1 aromatic rings. The van der Waals surface area contributed by atoms with E-state index in [9.17, 15) is 8.97 Å². The average Bonchev–Trinajstić information content (AvgIpc) is 2.15. The van der Waals surface area contributed by atoms with E-state index in [1.54, 1.807) is 13.0 Å². The molecule has 3 nitrogen and oxygen atoms in total. The van der Waals surface area contributed by atoms with Crippen molar-refractivity contribution in [2.75, 3.05) is 0 Å². The van der Waals surface area contributed by atoms with Crippen LogP contribution in [0.1, 0.15) is 12.5 Å². The van der Waals surface area contributed by atoms with Gasteiger partial charge in [0, 0.05) is 0 Å². The zero-order chi connectivity index (χ0) is 11.4. The van der Waals surface area contributed by atoms with Gasteiger partial charge >= 0.3 is 92.7 Å². The molecule has 1 aromatic carbocycles. The van der Waals surface area contributed by atoms with Gasteiger partial charge in [0.15, 0.2) is 0 Å². The average molecular weight is 253 g/mol. The Morgan fingerprint density at radius 2 is 2.13 bits per heavy atom. The monoisotopic (exact) mass is 253 g/mol. The van der Waals surface area contributed by atoms with Crippen molar-refractivity contribution < 1.29 is 27.7 Å². The van der Waals surface area contributed by atoms with Crippen molar-refractivity contribution in [2.24, 2.45) is 0 Å². The molecule has 85 valence electrons. The molecular weight excluding hydrogens is 239 g/mol. The molecule has 0 aromatic heterocycles. The SMILES string of the molecule is C=[C](C)[Co](=[O])[CH2]Cc1ccc(O)cc1O. The summed E-state index contributed by atoms with van der Waals surface area (Å²) < 4.78 is 12.1. The van der Waals surface area contributed by atoms with E-state index in [-0.39, 0.29) is 11.5 Å². The van der Waals surface area contributed by atoms with E-state index in [2.05, 4.69) is 6.58 Å². The van der Waals surface area contributed by atoms with Crippen LogP contribution in [0.5, 0.6) is 11.5 Å². The number of benzene rings is 1. The Labute approximate surface area is 93.0 Å². The maximum absolute atomic E-state index is 11.4. The molecule has 15 heavy (non-hydrogen) atoms. The number of aryl methyl sites for hydroxylation is 1. The van der Waals surface area contributed by atoms with Crippen LogP contribution in [-0.4, -0.2) is 10.2 Å². The second-order valence-electron chi connectivity index (χ2n) is 3.15. The van der Waals surface area contributed by atoms with Crippen LogP contribution in [0.4, 0.5) is 0 Å². The normalized spacial score (nSPS) is 11.1. The fraction of sp³-hybridized carbons (Fsp3) is 0.273. The predicted octanol–water partition coefficient (Wildman–Crippen LogP) is 2.56. The van der Waals surface area contributed by atoms with Crippen molar-refractivity contribution in [3.8, 4) is 11.5 Å². The standard InChI is InChI=1S/C8H9O2.C3H5.Co.O/c1-2-6-3-4-7(9)5-8(6)10;1-3-2;;/h3-5,9-10H,1-2H2;1H2,2H3;;. The molecule has 0 aliphatic carbocycles. The molecule has 0 heterocycles. The first-order valence-electron chi connectivity index (χ1n) is 4.43. The van der Waals surface area contributed by atoms with E-state index < -0.39 is 13.6 Å². The van der Waals surface area contributed by atoms with E-state index in [0.29, 0.717) is 21.8 Å². The van der Waals surface area contributed by atoms with Crippen LogP contribution in [-0.2, 0) is 23.9 Å². The summed E-state index contributed by atoms with van der Waals surface area (Å²) in [6, 6.07) is 4.41. The third-order valence-corrected chi connectivity index (χ3v) is 3.61. The number of hydrogen-bond acceptors (Lipinski definition) is 3. The molecule has 0 saturated heterocycles. The molecular formula is C11H14CoO3. The number of aromatic hydroxyl groups is 2. The predicted molar refractivity (Wildman–Crippen MR) is 53.8 cm³/mol. The summed E-state index contributed by atoms with van der Waals surface area (Å²) in [5.74, 6) is 0.0695. The molecule has 1 rings (SSSR count). The number of hydrogen-bond donors (Lipinski definition) is 2. The van der Waals surface area contributed by atoms with Gasteiger partial charge in [-0.1, -0.05) is 0 Å². The van der Waals surface area contributed by atoms with Crippen LogP contribution in [0.3, 0.4) is 0 Å².